The van der Waals surface area contributed by atoms with Gasteiger partial charge in [-0.15, -0.1) is 0 Å². The van der Waals surface area contributed by atoms with Crippen molar-refractivity contribution in [2.45, 2.75) is 32.1 Å². The van der Waals surface area contributed by atoms with Crippen molar-refractivity contribution in [2.75, 3.05) is 0 Å². The van der Waals surface area contributed by atoms with Crippen molar-refractivity contribution in [3.8, 4) is 6.07 Å². The Morgan fingerprint density at radius 2 is 1.89 bits per heavy atom. The molecule has 96 valence electrons. The van der Waals surface area contributed by atoms with Crippen LogP contribution in [0.1, 0.15) is 43.4 Å². The summed E-state index contributed by atoms with van der Waals surface area (Å²) < 4.78 is 0. The first-order chi connectivity index (χ1) is 9.19. The third-order valence-electron chi connectivity index (χ3n) is 4.39. The highest BCUT2D eigenvalue weighted by molar-refractivity contribution is 5.90. The van der Waals surface area contributed by atoms with Gasteiger partial charge in [-0.2, -0.15) is 5.26 Å². The highest BCUT2D eigenvalue weighted by Crippen LogP contribution is 2.52. The molecule has 0 amide bonds. The third-order valence-corrected chi connectivity index (χ3v) is 4.39. The van der Waals surface area contributed by atoms with E-state index in [-0.39, 0.29) is 5.41 Å². The molecule has 1 aromatic carbocycles. The van der Waals surface area contributed by atoms with Crippen LogP contribution in [0.25, 0.3) is 5.57 Å². The summed E-state index contributed by atoms with van der Waals surface area (Å²) in [5.41, 5.74) is 5.31. The van der Waals surface area contributed by atoms with Crippen molar-refractivity contribution in [2.24, 2.45) is 0 Å². The number of hydrogen-bond acceptors (Lipinski definition) is 1. The van der Waals surface area contributed by atoms with Crippen LogP contribution >= 0.6 is 0 Å². The van der Waals surface area contributed by atoms with Gasteiger partial charge in [0.1, 0.15) is 0 Å². The van der Waals surface area contributed by atoms with Gasteiger partial charge in [0, 0.05) is 11.0 Å². The van der Waals surface area contributed by atoms with E-state index >= 15 is 0 Å². The molecule has 0 spiro atoms. The molecule has 0 unspecified atom stereocenters. The van der Waals surface area contributed by atoms with Crippen LogP contribution in [0.3, 0.4) is 0 Å². The lowest BCUT2D eigenvalue weighted by molar-refractivity contribution is 0.486. The summed E-state index contributed by atoms with van der Waals surface area (Å²) in [6, 6.07) is 8.30. The quantitative estimate of drug-likeness (QED) is 0.755. The van der Waals surface area contributed by atoms with Crippen LogP contribution in [-0.4, -0.2) is 0 Å². The second-order valence-corrected chi connectivity index (χ2v) is 4.86. The molecule has 0 saturated carbocycles. The normalized spacial score (nSPS) is 15.8. The summed E-state index contributed by atoms with van der Waals surface area (Å²) in [7, 11) is 0. The average molecular weight is 249 g/mol. The molecule has 0 aromatic heterocycles. The largest absolute Gasteiger partial charge is 0.192 e. The molecule has 2 rings (SSSR count). The number of rotatable bonds is 4. The third kappa shape index (κ3) is 1.60. The number of nitriles is 1. The molecule has 0 radical (unpaired) electrons. The van der Waals surface area contributed by atoms with E-state index in [0.29, 0.717) is 0 Å². The zero-order valence-corrected chi connectivity index (χ0v) is 11.7. The minimum absolute atomic E-state index is 0.0204. The zero-order chi connectivity index (χ0) is 14.0. The molecule has 0 atom stereocenters. The molecule has 1 aliphatic carbocycles. The van der Waals surface area contributed by atoms with E-state index in [9.17, 15) is 5.26 Å². The number of hydrogen-bond donors (Lipinski definition) is 0. The molecular weight excluding hydrogens is 230 g/mol. The predicted octanol–water partition coefficient (Wildman–Crippen LogP) is 4.76. The molecule has 0 saturated heterocycles. The molecule has 0 aliphatic heterocycles. The van der Waals surface area contributed by atoms with Crippen LogP contribution in [0.2, 0.25) is 0 Å². The minimum atomic E-state index is -0.0204. The van der Waals surface area contributed by atoms with Gasteiger partial charge in [-0.1, -0.05) is 51.3 Å². The van der Waals surface area contributed by atoms with Crippen molar-refractivity contribution < 1.29 is 0 Å². The van der Waals surface area contributed by atoms with Gasteiger partial charge in [-0.05, 0) is 35.6 Å². The number of benzene rings is 1. The summed E-state index contributed by atoms with van der Waals surface area (Å²) in [5, 5.41) is 9.36. The summed E-state index contributed by atoms with van der Waals surface area (Å²) in [4.78, 5) is 0. The highest BCUT2D eigenvalue weighted by Gasteiger charge is 2.41. The molecule has 1 aliphatic rings. The fraction of sp³-hybridized carbons (Fsp3) is 0.278. The van der Waals surface area contributed by atoms with Gasteiger partial charge in [0.05, 0.1) is 11.6 Å². The molecule has 0 bridgehead atoms. The first kappa shape index (κ1) is 13.4. The second kappa shape index (κ2) is 4.90. The Morgan fingerprint density at radius 3 is 2.37 bits per heavy atom. The first-order valence-electron chi connectivity index (χ1n) is 6.73. The monoisotopic (exact) mass is 249 g/mol. The van der Waals surface area contributed by atoms with Crippen LogP contribution in [0.5, 0.6) is 0 Å². The maximum atomic E-state index is 9.36. The Morgan fingerprint density at radius 1 is 1.21 bits per heavy atom. The molecule has 1 nitrogen and oxygen atoms in total. The number of fused-ring (bicyclic) bond motifs is 1. The van der Waals surface area contributed by atoms with E-state index in [1.54, 1.807) is 0 Å². The van der Waals surface area contributed by atoms with Crippen molar-refractivity contribution in [1.29, 1.82) is 5.26 Å². The lowest BCUT2D eigenvalue weighted by Gasteiger charge is -2.30. The fourth-order valence-corrected chi connectivity index (χ4v) is 3.40. The molecule has 0 heterocycles. The summed E-state index contributed by atoms with van der Waals surface area (Å²) in [6.45, 7) is 12.3. The topological polar surface area (TPSA) is 23.8 Å². The molecular formula is C18H19N. The van der Waals surface area contributed by atoms with E-state index in [0.717, 1.165) is 29.5 Å². The maximum absolute atomic E-state index is 9.36. The average Bonchev–Trinajstić information content (AvgIpc) is 2.76. The van der Waals surface area contributed by atoms with Crippen molar-refractivity contribution in [1.82, 2.24) is 0 Å². The van der Waals surface area contributed by atoms with Gasteiger partial charge in [-0.25, -0.2) is 0 Å². The number of nitrogens with zero attached hydrogens (tertiary/aromatic N) is 1. The van der Waals surface area contributed by atoms with Gasteiger partial charge in [-0.3, -0.25) is 0 Å². The standard InChI is InChI=1S/C18H19N/c1-5-14-15(6-2)18(7-3,8-4)16-11-9-10-13(12-19)17(14)16/h5-6,9-11H,1-2,7-8H2,3-4H3. The predicted molar refractivity (Wildman–Crippen MR) is 80.7 cm³/mol. The second-order valence-electron chi connectivity index (χ2n) is 4.86. The van der Waals surface area contributed by atoms with E-state index in [4.69, 9.17) is 0 Å². The highest BCUT2D eigenvalue weighted by atomic mass is 14.4. The lowest BCUT2D eigenvalue weighted by Crippen LogP contribution is -2.24. The van der Waals surface area contributed by atoms with E-state index in [1.165, 1.54) is 11.1 Å². The Kier molecular flexibility index (Phi) is 3.44. The van der Waals surface area contributed by atoms with E-state index in [2.05, 4.69) is 39.1 Å². The van der Waals surface area contributed by atoms with Crippen LogP contribution < -0.4 is 0 Å². The van der Waals surface area contributed by atoms with Gasteiger partial charge >= 0.3 is 0 Å². The lowest BCUT2D eigenvalue weighted by atomic mass is 9.72. The van der Waals surface area contributed by atoms with Crippen molar-refractivity contribution in [3.05, 3.63) is 65.8 Å². The first-order valence-corrected chi connectivity index (χ1v) is 6.73. The van der Waals surface area contributed by atoms with Crippen LogP contribution in [0.15, 0.2) is 49.1 Å². The van der Waals surface area contributed by atoms with E-state index in [1.807, 2.05) is 24.3 Å². The van der Waals surface area contributed by atoms with Crippen molar-refractivity contribution >= 4 is 5.57 Å². The summed E-state index contributed by atoms with van der Waals surface area (Å²) in [6.07, 6.45) is 5.81. The smallest absolute Gasteiger partial charge is 0.0998 e. The Hall–Kier alpha value is -2.07. The fourth-order valence-electron chi connectivity index (χ4n) is 3.40. The van der Waals surface area contributed by atoms with Crippen LogP contribution in [-0.2, 0) is 5.41 Å². The summed E-state index contributed by atoms with van der Waals surface area (Å²) >= 11 is 0. The molecule has 0 N–H and O–H groups in total. The zero-order valence-electron chi connectivity index (χ0n) is 11.7. The Bertz CT molecular complexity index is 607. The minimum Gasteiger partial charge on any atom is -0.192 e. The Balaban J connectivity index is 2.91. The SMILES string of the molecule is C=CC1=C(C=C)C(CC)(CC)c2cccc(C#N)c21. The maximum Gasteiger partial charge on any atom is 0.0998 e. The van der Waals surface area contributed by atoms with Crippen molar-refractivity contribution in [3.63, 3.8) is 0 Å². The molecule has 0 fully saturated rings. The van der Waals surface area contributed by atoms with Gasteiger partial charge < -0.3 is 0 Å². The molecule has 1 heteroatoms. The molecule has 19 heavy (non-hydrogen) atoms. The summed E-state index contributed by atoms with van der Waals surface area (Å²) in [5.74, 6) is 0. The number of allylic oxidation sites excluding steroid dienone is 4. The van der Waals surface area contributed by atoms with Gasteiger partial charge in [0.15, 0.2) is 0 Å². The van der Waals surface area contributed by atoms with Gasteiger partial charge in [0.2, 0.25) is 0 Å². The Labute approximate surface area is 115 Å². The van der Waals surface area contributed by atoms with Crippen LogP contribution in [0.4, 0.5) is 0 Å². The van der Waals surface area contributed by atoms with Crippen LogP contribution in [0, 0.1) is 11.3 Å². The van der Waals surface area contributed by atoms with Gasteiger partial charge in [0.25, 0.3) is 0 Å². The molecule has 1 aromatic rings. The van der Waals surface area contributed by atoms with E-state index < -0.39 is 0 Å².